The number of nitrogens with zero attached hydrogens (tertiary/aromatic N) is 1. The summed E-state index contributed by atoms with van der Waals surface area (Å²) in [6.45, 7) is 8.80. The molecule has 0 atom stereocenters. The lowest BCUT2D eigenvalue weighted by atomic mass is 10.1. The van der Waals surface area contributed by atoms with Crippen LogP contribution >= 0.6 is 0 Å². The van der Waals surface area contributed by atoms with Crippen LogP contribution in [0.3, 0.4) is 0 Å². The van der Waals surface area contributed by atoms with Crippen molar-refractivity contribution in [2.45, 2.75) is 39.9 Å². The number of halogens is 3. The van der Waals surface area contributed by atoms with Crippen molar-refractivity contribution in [2.75, 3.05) is 24.5 Å². The molecule has 0 aliphatic rings. The van der Waals surface area contributed by atoms with Gasteiger partial charge in [-0.15, -0.1) is 0 Å². The standard InChI is InChI=1S/C15H23F3N2/c1-4-9-19-11-12-7-8-13(15(16,17)18)10-14(12)20(5-2)6-3/h7-8,10,19H,4-6,9,11H2,1-3H3. The lowest BCUT2D eigenvalue weighted by molar-refractivity contribution is -0.137. The Bertz CT molecular complexity index is 412. The Labute approximate surface area is 119 Å². The molecule has 0 fully saturated rings. The number of nitrogens with one attached hydrogen (secondary N) is 1. The van der Waals surface area contributed by atoms with Crippen LogP contribution in [0.15, 0.2) is 18.2 Å². The molecule has 0 radical (unpaired) electrons. The average Bonchev–Trinajstić information content (AvgIpc) is 2.40. The van der Waals surface area contributed by atoms with Crippen LogP contribution < -0.4 is 10.2 Å². The van der Waals surface area contributed by atoms with Crippen molar-refractivity contribution < 1.29 is 13.2 Å². The second-order valence-corrected chi connectivity index (χ2v) is 4.69. The summed E-state index contributed by atoms with van der Waals surface area (Å²) in [6.07, 6.45) is -3.29. The number of hydrogen-bond donors (Lipinski definition) is 1. The number of anilines is 1. The van der Waals surface area contributed by atoms with Gasteiger partial charge in [0, 0.05) is 25.3 Å². The highest BCUT2D eigenvalue weighted by atomic mass is 19.4. The van der Waals surface area contributed by atoms with E-state index in [1.54, 1.807) is 6.07 Å². The first-order valence-electron chi connectivity index (χ1n) is 7.09. The van der Waals surface area contributed by atoms with Gasteiger partial charge in [-0.1, -0.05) is 13.0 Å². The molecule has 1 rings (SSSR count). The highest BCUT2D eigenvalue weighted by molar-refractivity contribution is 5.56. The maximum Gasteiger partial charge on any atom is 0.416 e. The topological polar surface area (TPSA) is 15.3 Å². The van der Waals surface area contributed by atoms with E-state index in [4.69, 9.17) is 0 Å². The van der Waals surface area contributed by atoms with E-state index in [2.05, 4.69) is 12.2 Å². The fourth-order valence-corrected chi connectivity index (χ4v) is 2.15. The van der Waals surface area contributed by atoms with Crippen molar-refractivity contribution in [3.05, 3.63) is 29.3 Å². The number of hydrogen-bond acceptors (Lipinski definition) is 2. The molecular formula is C15H23F3N2. The zero-order valence-corrected chi connectivity index (χ0v) is 12.3. The molecule has 0 aliphatic carbocycles. The van der Waals surface area contributed by atoms with Gasteiger partial charge in [-0.2, -0.15) is 13.2 Å². The van der Waals surface area contributed by atoms with E-state index in [1.807, 2.05) is 18.7 Å². The second kappa shape index (κ2) is 7.53. The third-order valence-corrected chi connectivity index (χ3v) is 3.26. The molecule has 0 aliphatic heterocycles. The SMILES string of the molecule is CCCNCc1ccc(C(F)(F)F)cc1N(CC)CC. The van der Waals surface area contributed by atoms with Crippen LogP contribution in [0.2, 0.25) is 0 Å². The van der Waals surface area contributed by atoms with Crippen molar-refractivity contribution in [1.29, 1.82) is 0 Å². The Morgan fingerprint density at radius 3 is 2.25 bits per heavy atom. The highest BCUT2D eigenvalue weighted by Gasteiger charge is 2.31. The molecule has 1 aromatic rings. The molecule has 0 amide bonds. The van der Waals surface area contributed by atoms with E-state index < -0.39 is 11.7 Å². The van der Waals surface area contributed by atoms with Crippen LogP contribution in [0.5, 0.6) is 0 Å². The summed E-state index contributed by atoms with van der Waals surface area (Å²) < 4.78 is 38.5. The first-order valence-corrected chi connectivity index (χ1v) is 7.09. The largest absolute Gasteiger partial charge is 0.416 e. The molecule has 0 aromatic heterocycles. The Morgan fingerprint density at radius 1 is 1.10 bits per heavy atom. The van der Waals surface area contributed by atoms with Gasteiger partial charge in [0.15, 0.2) is 0 Å². The maximum atomic E-state index is 12.8. The summed E-state index contributed by atoms with van der Waals surface area (Å²) in [5, 5.41) is 3.25. The average molecular weight is 288 g/mol. The summed E-state index contributed by atoms with van der Waals surface area (Å²) in [4.78, 5) is 1.96. The molecule has 0 unspecified atom stereocenters. The summed E-state index contributed by atoms with van der Waals surface area (Å²) >= 11 is 0. The van der Waals surface area contributed by atoms with Gasteiger partial charge in [0.1, 0.15) is 0 Å². The van der Waals surface area contributed by atoms with E-state index >= 15 is 0 Å². The zero-order chi connectivity index (χ0) is 15.2. The molecule has 1 aromatic carbocycles. The van der Waals surface area contributed by atoms with Crippen molar-refractivity contribution >= 4 is 5.69 Å². The van der Waals surface area contributed by atoms with E-state index in [0.29, 0.717) is 25.3 Å². The van der Waals surface area contributed by atoms with Crippen molar-refractivity contribution in [1.82, 2.24) is 5.32 Å². The van der Waals surface area contributed by atoms with E-state index in [-0.39, 0.29) is 0 Å². The van der Waals surface area contributed by atoms with Gasteiger partial charge in [-0.05, 0) is 44.5 Å². The number of alkyl halides is 3. The minimum Gasteiger partial charge on any atom is -0.372 e. The normalized spacial score (nSPS) is 11.7. The van der Waals surface area contributed by atoms with E-state index in [9.17, 15) is 13.2 Å². The molecule has 0 heterocycles. The molecule has 20 heavy (non-hydrogen) atoms. The number of benzene rings is 1. The van der Waals surface area contributed by atoms with Gasteiger partial charge in [0.2, 0.25) is 0 Å². The predicted octanol–water partition coefficient (Wildman–Crippen LogP) is 4.05. The van der Waals surface area contributed by atoms with E-state index in [1.165, 1.54) is 6.07 Å². The van der Waals surface area contributed by atoms with Crippen LogP contribution in [0, 0.1) is 0 Å². The lowest BCUT2D eigenvalue weighted by Crippen LogP contribution is -2.25. The summed E-state index contributed by atoms with van der Waals surface area (Å²) in [7, 11) is 0. The van der Waals surface area contributed by atoms with Gasteiger partial charge in [-0.3, -0.25) is 0 Å². The molecule has 5 heteroatoms. The smallest absolute Gasteiger partial charge is 0.372 e. The molecule has 0 bridgehead atoms. The first-order chi connectivity index (χ1) is 9.43. The monoisotopic (exact) mass is 288 g/mol. The summed E-state index contributed by atoms with van der Waals surface area (Å²) in [5.74, 6) is 0. The molecule has 1 N–H and O–H groups in total. The lowest BCUT2D eigenvalue weighted by Gasteiger charge is -2.25. The Hall–Kier alpha value is -1.23. The van der Waals surface area contributed by atoms with Crippen molar-refractivity contribution in [3.63, 3.8) is 0 Å². The van der Waals surface area contributed by atoms with E-state index in [0.717, 1.165) is 24.6 Å². The molecule has 114 valence electrons. The molecule has 0 spiro atoms. The van der Waals surface area contributed by atoms with Gasteiger partial charge in [-0.25, -0.2) is 0 Å². The van der Waals surface area contributed by atoms with Crippen molar-refractivity contribution in [3.8, 4) is 0 Å². The van der Waals surface area contributed by atoms with Crippen LogP contribution in [0.25, 0.3) is 0 Å². The van der Waals surface area contributed by atoms with Crippen LogP contribution in [-0.4, -0.2) is 19.6 Å². The van der Waals surface area contributed by atoms with Gasteiger partial charge in [0.25, 0.3) is 0 Å². The van der Waals surface area contributed by atoms with Crippen LogP contribution in [0.4, 0.5) is 18.9 Å². The Morgan fingerprint density at radius 2 is 1.75 bits per heavy atom. The Kier molecular flexibility index (Phi) is 6.33. The molecule has 0 saturated carbocycles. The zero-order valence-electron chi connectivity index (χ0n) is 12.3. The molecule has 0 saturated heterocycles. The maximum absolute atomic E-state index is 12.8. The number of rotatable bonds is 7. The van der Waals surface area contributed by atoms with Gasteiger partial charge in [0.05, 0.1) is 5.56 Å². The third kappa shape index (κ3) is 4.40. The molecular weight excluding hydrogens is 265 g/mol. The summed E-state index contributed by atoms with van der Waals surface area (Å²) in [6, 6.07) is 4.01. The quantitative estimate of drug-likeness (QED) is 0.761. The predicted molar refractivity (Wildman–Crippen MR) is 77.0 cm³/mol. The minimum atomic E-state index is -4.29. The fourth-order valence-electron chi connectivity index (χ4n) is 2.15. The second-order valence-electron chi connectivity index (χ2n) is 4.69. The van der Waals surface area contributed by atoms with Gasteiger partial charge >= 0.3 is 6.18 Å². The molecule has 2 nitrogen and oxygen atoms in total. The van der Waals surface area contributed by atoms with Crippen molar-refractivity contribution in [2.24, 2.45) is 0 Å². The highest BCUT2D eigenvalue weighted by Crippen LogP contribution is 2.33. The minimum absolute atomic E-state index is 0.585. The Balaban J connectivity index is 3.09. The first kappa shape index (κ1) is 16.8. The van der Waals surface area contributed by atoms with Crippen LogP contribution in [0.1, 0.15) is 38.3 Å². The van der Waals surface area contributed by atoms with Crippen LogP contribution in [-0.2, 0) is 12.7 Å². The summed E-state index contributed by atoms with van der Waals surface area (Å²) in [5.41, 5.74) is 1.00. The van der Waals surface area contributed by atoms with Gasteiger partial charge < -0.3 is 10.2 Å². The third-order valence-electron chi connectivity index (χ3n) is 3.26. The fraction of sp³-hybridized carbons (Fsp3) is 0.600.